The van der Waals surface area contributed by atoms with Crippen LogP contribution >= 0.6 is 0 Å². The van der Waals surface area contributed by atoms with Gasteiger partial charge in [-0.1, -0.05) is 0 Å². The number of hydrogen-bond donors (Lipinski definition) is 1. The highest BCUT2D eigenvalue weighted by molar-refractivity contribution is 7.90. The van der Waals surface area contributed by atoms with Gasteiger partial charge in [-0.25, -0.2) is 12.7 Å². The third-order valence-electron chi connectivity index (χ3n) is 3.17. The normalized spacial score (nSPS) is 33.1. The highest BCUT2D eigenvalue weighted by Gasteiger charge is 2.40. The lowest BCUT2D eigenvalue weighted by Crippen LogP contribution is -2.43. The number of nitrogens with zero attached hydrogens (tertiary/aromatic N) is 1. The molecule has 0 amide bonds. The van der Waals surface area contributed by atoms with Gasteiger partial charge in [0.05, 0.1) is 5.25 Å². The molecular formula is C9H18N2O2S. The predicted molar refractivity (Wildman–Crippen MR) is 55.3 cm³/mol. The van der Waals surface area contributed by atoms with E-state index in [4.69, 9.17) is 5.73 Å². The molecule has 0 radical (unpaired) electrons. The fourth-order valence-corrected chi connectivity index (χ4v) is 3.68. The molecule has 2 fully saturated rings. The fraction of sp³-hybridized carbons (Fsp3) is 1.00. The molecule has 0 bridgehead atoms. The molecule has 0 unspecified atom stereocenters. The summed E-state index contributed by atoms with van der Waals surface area (Å²) in [7, 11) is -1.27. The van der Waals surface area contributed by atoms with E-state index in [1.165, 1.54) is 4.31 Å². The van der Waals surface area contributed by atoms with Crippen LogP contribution in [0, 0.1) is 5.92 Å². The molecule has 0 aliphatic heterocycles. The zero-order chi connectivity index (χ0) is 10.3. The van der Waals surface area contributed by atoms with Crippen LogP contribution in [0.4, 0.5) is 0 Å². The van der Waals surface area contributed by atoms with E-state index in [-0.39, 0.29) is 5.25 Å². The number of nitrogens with two attached hydrogens (primary N) is 1. The smallest absolute Gasteiger partial charge is 0.216 e. The molecule has 2 aliphatic rings. The van der Waals surface area contributed by atoms with E-state index in [2.05, 4.69) is 0 Å². The number of rotatable bonds is 4. The summed E-state index contributed by atoms with van der Waals surface area (Å²) in [5.74, 6) is 0.489. The largest absolute Gasteiger partial charge is 0.328 e. The van der Waals surface area contributed by atoms with Crippen molar-refractivity contribution in [3.8, 4) is 0 Å². The van der Waals surface area contributed by atoms with Crippen LogP contribution in [0.2, 0.25) is 0 Å². The Morgan fingerprint density at radius 2 is 1.93 bits per heavy atom. The minimum absolute atomic E-state index is 0.0822. The summed E-state index contributed by atoms with van der Waals surface area (Å²) in [5.41, 5.74) is 5.66. The second-order valence-corrected chi connectivity index (χ2v) is 6.94. The van der Waals surface area contributed by atoms with Crippen molar-refractivity contribution in [2.24, 2.45) is 11.7 Å². The van der Waals surface area contributed by atoms with Gasteiger partial charge in [-0.3, -0.25) is 0 Å². The minimum atomic E-state index is -2.96. The second-order valence-electron chi connectivity index (χ2n) is 4.62. The molecular weight excluding hydrogens is 200 g/mol. The summed E-state index contributed by atoms with van der Waals surface area (Å²) in [5, 5.41) is -0.0822. The highest BCUT2D eigenvalue weighted by Crippen LogP contribution is 2.33. The molecule has 0 spiro atoms. The minimum Gasteiger partial charge on any atom is -0.328 e. The number of sulfonamides is 1. The zero-order valence-electron chi connectivity index (χ0n) is 8.52. The van der Waals surface area contributed by atoms with Crippen LogP contribution in [0.5, 0.6) is 0 Å². The molecule has 0 aromatic rings. The molecule has 0 aromatic heterocycles. The van der Waals surface area contributed by atoms with Crippen LogP contribution in [0.3, 0.4) is 0 Å². The molecule has 82 valence electrons. The first-order valence-electron chi connectivity index (χ1n) is 5.21. The summed E-state index contributed by atoms with van der Waals surface area (Å²) in [6, 6.07) is 0.303. The van der Waals surface area contributed by atoms with E-state index in [1.807, 2.05) is 0 Å². The first-order valence-corrected chi connectivity index (χ1v) is 6.71. The van der Waals surface area contributed by atoms with Crippen molar-refractivity contribution in [1.82, 2.24) is 4.31 Å². The Kier molecular flexibility index (Phi) is 2.57. The maximum atomic E-state index is 11.7. The third kappa shape index (κ3) is 1.94. The standard InChI is InChI=1S/C9H18N2O2S/c1-11(6-7-4-8(10)5-7)14(12,13)9-2-3-9/h7-9H,2-6,10H2,1H3. The van der Waals surface area contributed by atoms with Gasteiger partial charge in [0.2, 0.25) is 10.0 Å². The molecule has 2 saturated carbocycles. The van der Waals surface area contributed by atoms with Crippen LogP contribution < -0.4 is 5.73 Å². The zero-order valence-corrected chi connectivity index (χ0v) is 9.33. The van der Waals surface area contributed by atoms with Crippen molar-refractivity contribution >= 4 is 10.0 Å². The topological polar surface area (TPSA) is 63.4 Å². The molecule has 4 nitrogen and oxygen atoms in total. The van der Waals surface area contributed by atoms with Crippen molar-refractivity contribution in [1.29, 1.82) is 0 Å². The van der Waals surface area contributed by atoms with Crippen molar-refractivity contribution in [3.05, 3.63) is 0 Å². The lowest BCUT2D eigenvalue weighted by molar-refractivity contribution is 0.227. The summed E-state index contributed by atoms with van der Waals surface area (Å²) < 4.78 is 25.0. The summed E-state index contributed by atoms with van der Waals surface area (Å²) in [6.07, 6.45) is 3.64. The van der Waals surface area contributed by atoms with Gasteiger partial charge < -0.3 is 5.73 Å². The van der Waals surface area contributed by atoms with E-state index < -0.39 is 10.0 Å². The Bertz CT molecular complexity index is 305. The molecule has 5 heteroatoms. The summed E-state index contributed by atoms with van der Waals surface area (Å²) in [4.78, 5) is 0. The average Bonchev–Trinajstić information content (AvgIpc) is 2.83. The van der Waals surface area contributed by atoms with E-state index in [9.17, 15) is 8.42 Å². The molecule has 2 N–H and O–H groups in total. The van der Waals surface area contributed by atoms with Crippen molar-refractivity contribution in [3.63, 3.8) is 0 Å². The SMILES string of the molecule is CN(CC1CC(N)C1)S(=O)(=O)C1CC1. The quantitative estimate of drug-likeness (QED) is 0.730. The van der Waals surface area contributed by atoms with Crippen molar-refractivity contribution in [2.75, 3.05) is 13.6 Å². The molecule has 0 aromatic carbocycles. The Balaban J connectivity index is 1.86. The molecule has 0 atom stereocenters. The Hall–Kier alpha value is -0.130. The second kappa shape index (κ2) is 3.47. The number of hydrogen-bond acceptors (Lipinski definition) is 3. The van der Waals surface area contributed by atoms with Gasteiger partial charge in [0.1, 0.15) is 0 Å². The lowest BCUT2D eigenvalue weighted by Gasteiger charge is -2.34. The molecule has 2 aliphatic carbocycles. The van der Waals surface area contributed by atoms with Crippen LogP contribution in [-0.2, 0) is 10.0 Å². The molecule has 0 heterocycles. The van der Waals surface area contributed by atoms with Crippen LogP contribution in [0.15, 0.2) is 0 Å². The van der Waals surface area contributed by atoms with Crippen LogP contribution in [0.1, 0.15) is 25.7 Å². The van der Waals surface area contributed by atoms with Gasteiger partial charge in [0.25, 0.3) is 0 Å². The van der Waals surface area contributed by atoms with Crippen LogP contribution in [-0.4, -0.2) is 37.6 Å². The Morgan fingerprint density at radius 1 is 1.36 bits per heavy atom. The third-order valence-corrected chi connectivity index (χ3v) is 5.50. The van der Waals surface area contributed by atoms with Crippen molar-refractivity contribution < 1.29 is 8.42 Å². The van der Waals surface area contributed by atoms with E-state index in [1.54, 1.807) is 7.05 Å². The summed E-state index contributed by atoms with van der Waals surface area (Å²) in [6.45, 7) is 0.659. The van der Waals surface area contributed by atoms with Gasteiger partial charge in [0, 0.05) is 19.6 Å². The Labute approximate surface area is 85.5 Å². The maximum Gasteiger partial charge on any atom is 0.216 e. The molecule has 0 saturated heterocycles. The first kappa shape index (κ1) is 10.4. The molecule has 2 rings (SSSR count). The maximum absolute atomic E-state index is 11.7. The predicted octanol–water partition coefficient (Wildman–Crippen LogP) is 0.148. The van der Waals surface area contributed by atoms with Gasteiger partial charge in [-0.15, -0.1) is 0 Å². The van der Waals surface area contributed by atoms with Gasteiger partial charge >= 0.3 is 0 Å². The summed E-state index contributed by atoms with van der Waals surface area (Å²) >= 11 is 0. The Morgan fingerprint density at radius 3 is 2.36 bits per heavy atom. The van der Waals surface area contributed by atoms with Gasteiger partial charge in [0.15, 0.2) is 0 Å². The lowest BCUT2D eigenvalue weighted by atomic mass is 9.81. The van der Waals surface area contributed by atoms with E-state index in [0.717, 1.165) is 25.7 Å². The molecule has 14 heavy (non-hydrogen) atoms. The fourth-order valence-electron chi connectivity index (χ4n) is 2.02. The van der Waals surface area contributed by atoms with Gasteiger partial charge in [-0.2, -0.15) is 0 Å². The monoisotopic (exact) mass is 218 g/mol. The van der Waals surface area contributed by atoms with Crippen molar-refractivity contribution in [2.45, 2.75) is 37.0 Å². The van der Waals surface area contributed by atoms with Gasteiger partial charge in [-0.05, 0) is 31.6 Å². The van der Waals surface area contributed by atoms with E-state index >= 15 is 0 Å². The first-order chi connectivity index (χ1) is 6.50. The average molecular weight is 218 g/mol. The van der Waals surface area contributed by atoms with E-state index in [0.29, 0.717) is 18.5 Å². The highest BCUT2D eigenvalue weighted by atomic mass is 32.2. The van der Waals surface area contributed by atoms with Crippen LogP contribution in [0.25, 0.3) is 0 Å².